The lowest BCUT2D eigenvalue weighted by molar-refractivity contribution is 0.581. The first-order chi connectivity index (χ1) is 8.27. The van der Waals surface area contributed by atoms with Crippen LogP contribution in [0.1, 0.15) is 18.3 Å². The van der Waals surface area contributed by atoms with Crippen molar-refractivity contribution in [3.63, 3.8) is 0 Å². The van der Waals surface area contributed by atoms with Crippen molar-refractivity contribution in [3.8, 4) is 5.82 Å². The SMILES string of the molecule is CCc1nccn1-c1nccc(CNC)c1F. The summed E-state index contributed by atoms with van der Waals surface area (Å²) in [5, 5.41) is 2.93. The fraction of sp³-hybridized carbons (Fsp3) is 0.333. The third kappa shape index (κ3) is 2.19. The maximum atomic E-state index is 14.2. The van der Waals surface area contributed by atoms with E-state index in [9.17, 15) is 4.39 Å². The molecule has 0 saturated heterocycles. The summed E-state index contributed by atoms with van der Waals surface area (Å²) in [5.41, 5.74) is 0.605. The molecule has 2 heterocycles. The van der Waals surface area contributed by atoms with Crippen LogP contribution in [-0.2, 0) is 13.0 Å². The molecule has 2 aromatic rings. The Balaban J connectivity index is 2.49. The molecule has 0 aliphatic rings. The van der Waals surface area contributed by atoms with Gasteiger partial charge in [-0.15, -0.1) is 0 Å². The summed E-state index contributed by atoms with van der Waals surface area (Å²) in [6.07, 6.45) is 5.74. The number of aryl methyl sites for hydroxylation is 1. The molecule has 0 radical (unpaired) electrons. The Kier molecular flexibility index (Phi) is 3.49. The van der Waals surface area contributed by atoms with Crippen molar-refractivity contribution in [1.82, 2.24) is 19.9 Å². The van der Waals surface area contributed by atoms with Gasteiger partial charge < -0.3 is 5.32 Å². The molecule has 0 amide bonds. The second-order valence-electron chi connectivity index (χ2n) is 3.71. The fourth-order valence-electron chi connectivity index (χ4n) is 1.75. The summed E-state index contributed by atoms with van der Waals surface area (Å²) in [6, 6.07) is 1.68. The minimum Gasteiger partial charge on any atom is -0.316 e. The molecule has 17 heavy (non-hydrogen) atoms. The maximum Gasteiger partial charge on any atom is 0.174 e. The molecule has 0 fully saturated rings. The predicted octanol–water partition coefficient (Wildman–Crippen LogP) is 1.69. The Morgan fingerprint density at radius 2 is 2.18 bits per heavy atom. The van der Waals surface area contributed by atoms with E-state index in [1.165, 1.54) is 0 Å². The van der Waals surface area contributed by atoms with E-state index < -0.39 is 0 Å². The van der Waals surface area contributed by atoms with E-state index in [4.69, 9.17) is 0 Å². The van der Waals surface area contributed by atoms with Gasteiger partial charge in [-0.05, 0) is 13.1 Å². The highest BCUT2D eigenvalue weighted by molar-refractivity contribution is 5.32. The summed E-state index contributed by atoms with van der Waals surface area (Å²) in [5.74, 6) is 0.819. The van der Waals surface area contributed by atoms with Gasteiger partial charge in [0.2, 0.25) is 0 Å². The van der Waals surface area contributed by atoms with Gasteiger partial charge >= 0.3 is 0 Å². The summed E-state index contributed by atoms with van der Waals surface area (Å²) in [6.45, 7) is 2.46. The van der Waals surface area contributed by atoms with Crippen molar-refractivity contribution in [2.45, 2.75) is 19.9 Å². The van der Waals surface area contributed by atoms with E-state index in [-0.39, 0.29) is 5.82 Å². The average molecular weight is 234 g/mol. The lowest BCUT2D eigenvalue weighted by Gasteiger charge is -2.09. The van der Waals surface area contributed by atoms with Gasteiger partial charge in [-0.25, -0.2) is 14.4 Å². The van der Waals surface area contributed by atoms with Crippen molar-refractivity contribution < 1.29 is 4.39 Å². The van der Waals surface area contributed by atoms with E-state index >= 15 is 0 Å². The van der Waals surface area contributed by atoms with Gasteiger partial charge in [-0.1, -0.05) is 6.92 Å². The fourth-order valence-corrected chi connectivity index (χ4v) is 1.75. The number of nitrogens with one attached hydrogen (secondary N) is 1. The molecule has 0 bridgehead atoms. The number of pyridine rings is 1. The van der Waals surface area contributed by atoms with Crippen LogP contribution >= 0.6 is 0 Å². The summed E-state index contributed by atoms with van der Waals surface area (Å²) >= 11 is 0. The number of halogens is 1. The smallest absolute Gasteiger partial charge is 0.174 e. The van der Waals surface area contributed by atoms with Gasteiger partial charge in [0, 0.05) is 37.1 Å². The molecular weight excluding hydrogens is 219 g/mol. The highest BCUT2D eigenvalue weighted by Crippen LogP contribution is 2.16. The van der Waals surface area contributed by atoms with E-state index in [1.54, 1.807) is 36.3 Å². The van der Waals surface area contributed by atoms with Crippen LogP contribution in [0, 0.1) is 5.82 Å². The van der Waals surface area contributed by atoms with Crippen molar-refractivity contribution in [2.24, 2.45) is 0 Å². The molecule has 2 aromatic heterocycles. The van der Waals surface area contributed by atoms with Crippen LogP contribution in [0.4, 0.5) is 4.39 Å². The lowest BCUT2D eigenvalue weighted by Crippen LogP contribution is -2.11. The first-order valence-corrected chi connectivity index (χ1v) is 5.58. The lowest BCUT2D eigenvalue weighted by atomic mass is 10.2. The number of aromatic nitrogens is 3. The molecule has 1 N–H and O–H groups in total. The monoisotopic (exact) mass is 234 g/mol. The molecule has 2 rings (SSSR count). The number of rotatable bonds is 4. The zero-order valence-electron chi connectivity index (χ0n) is 9.94. The minimum atomic E-state index is -0.297. The van der Waals surface area contributed by atoms with Crippen LogP contribution in [0.3, 0.4) is 0 Å². The van der Waals surface area contributed by atoms with E-state index in [2.05, 4.69) is 15.3 Å². The van der Waals surface area contributed by atoms with Gasteiger partial charge in [-0.3, -0.25) is 4.57 Å². The van der Waals surface area contributed by atoms with Crippen molar-refractivity contribution in [1.29, 1.82) is 0 Å². The van der Waals surface area contributed by atoms with E-state index in [0.29, 0.717) is 17.9 Å². The Hall–Kier alpha value is -1.75. The van der Waals surface area contributed by atoms with Crippen molar-refractivity contribution >= 4 is 0 Å². The molecule has 0 aromatic carbocycles. The van der Waals surface area contributed by atoms with Crippen LogP contribution in [0.25, 0.3) is 5.82 Å². The molecule has 0 atom stereocenters. The molecular formula is C12H15FN4. The summed E-state index contributed by atoms with van der Waals surface area (Å²) < 4.78 is 15.9. The maximum absolute atomic E-state index is 14.2. The normalized spacial score (nSPS) is 10.8. The van der Waals surface area contributed by atoms with Crippen LogP contribution < -0.4 is 5.32 Å². The first-order valence-electron chi connectivity index (χ1n) is 5.58. The number of imidazole rings is 1. The molecule has 4 nitrogen and oxygen atoms in total. The topological polar surface area (TPSA) is 42.7 Å². The van der Waals surface area contributed by atoms with Crippen LogP contribution in [0.5, 0.6) is 0 Å². The highest BCUT2D eigenvalue weighted by Gasteiger charge is 2.12. The Labute approximate surface area is 99.5 Å². The Morgan fingerprint density at radius 3 is 2.88 bits per heavy atom. The second-order valence-corrected chi connectivity index (χ2v) is 3.71. The molecule has 0 spiro atoms. The van der Waals surface area contributed by atoms with E-state index in [0.717, 1.165) is 12.2 Å². The zero-order valence-corrected chi connectivity index (χ0v) is 9.94. The molecule has 0 unspecified atom stereocenters. The average Bonchev–Trinajstić information content (AvgIpc) is 2.80. The number of hydrogen-bond acceptors (Lipinski definition) is 3. The number of nitrogens with zero attached hydrogens (tertiary/aromatic N) is 3. The number of hydrogen-bond donors (Lipinski definition) is 1. The predicted molar refractivity (Wildman–Crippen MR) is 63.5 cm³/mol. The standard InChI is InChI=1S/C12H15FN4/c1-3-10-15-6-7-17(10)12-11(13)9(8-14-2)4-5-16-12/h4-7,14H,3,8H2,1-2H3. The third-order valence-electron chi connectivity index (χ3n) is 2.58. The van der Waals surface area contributed by atoms with Crippen LogP contribution in [0.15, 0.2) is 24.7 Å². The van der Waals surface area contributed by atoms with Gasteiger partial charge in [0.1, 0.15) is 5.82 Å². The zero-order chi connectivity index (χ0) is 12.3. The van der Waals surface area contributed by atoms with Crippen LogP contribution in [-0.4, -0.2) is 21.6 Å². The quantitative estimate of drug-likeness (QED) is 0.875. The second kappa shape index (κ2) is 5.05. The van der Waals surface area contributed by atoms with Gasteiger partial charge in [0.25, 0.3) is 0 Å². The molecule has 90 valence electrons. The first kappa shape index (κ1) is 11.7. The van der Waals surface area contributed by atoms with Gasteiger partial charge in [0.05, 0.1) is 0 Å². The molecule has 0 aliphatic carbocycles. The van der Waals surface area contributed by atoms with Crippen molar-refractivity contribution in [3.05, 3.63) is 41.9 Å². The summed E-state index contributed by atoms with van der Waals surface area (Å²) in [7, 11) is 1.79. The third-order valence-corrected chi connectivity index (χ3v) is 2.58. The van der Waals surface area contributed by atoms with Crippen LogP contribution in [0.2, 0.25) is 0 Å². The molecule has 5 heteroatoms. The Morgan fingerprint density at radius 1 is 1.35 bits per heavy atom. The Bertz CT molecular complexity index is 507. The van der Waals surface area contributed by atoms with Gasteiger partial charge in [0.15, 0.2) is 11.6 Å². The largest absolute Gasteiger partial charge is 0.316 e. The van der Waals surface area contributed by atoms with Crippen molar-refractivity contribution in [2.75, 3.05) is 7.05 Å². The summed E-state index contributed by atoms with van der Waals surface area (Å²) in [4.78, 5) is 8.26. The van der Waals surface area contributed by atoms with Gasteiger partial charge in [-0.2, -0.15) is 0 Å². The minimum absolute atomic E-state index is 0.297. The molecule has 0 aliphatic heterocycles. The highest BCUT2D eigenvalue weighted by atomic mass is 19.1. The molecule has 0 saturated carbocycles. The van der Waals surface area contributed by atoms with E-state index in [1.807, 2.05) is 6.92 Å².